The molecule has 8 heteroatoms. The number of hydrogen-bond acceptors (Lipinski definition) is 5. The maximum atomic E-state index is 12.9. The summed E-state index contributed by atoms with van der Waals surface area (Å²) in [6.45, 7) is 0. The minimum Gasteiger partial charge on any atom is -0.480 e. The molecule has 0 bridgehead atoms. The van der Waals surface area contributed by atoms with Crippen LogP contribution in [-0.2, 0) is 5.60 Å². The van der Waals surface area contributed by atoms with Gasteiger partial charge in [0.05, 0.1) is 26.3 Å². The van der Waals surface area contributed by atoms with E-state index in [1.54, 1.807) is 0 Å². The highest BCUT2D eigenvalue weighted by atomic mass is 19.4. The molecule has 5 nitrogen and oxygen atoms in total. The maximum absolute atomic E-state index is 12.9. The summed E-state index contributed by atoms with van der Waals surface area (Å²) in [6, 6.07) is 0. The van der Waals surface area contributed by atoms with Crippen LogP contribution in [0.3, 0.4) is 0 Å². The molecule has 1 N–H and O–H groups in total. The Bertz CT molecular complexity index is 510. The van der Waals surface area contributed by atoms with Crippen molar-refractivity contribution in [2.24, 2.45) is 5.92 Å². The normalized spacial score (nSPS) is 26.5. The Kier molecular flexibility index (Phi) is 4.27. The van der Waals surface area contributed by atoms with Gasteiger partial charge < -0.3 is 14.6 Å². The fourth-order valence-electron chi connectivity index (χ4n) is 2.66. The smallest absolute Gasteiger partial charge is 0.391 e. The highest BCUT2D eigenvalue weighted by Crippen LogP contribution is 2.47. The summed E-state index contributed by atoms with van der Waals surface area (Å²) in [7, 11) is 2.71. The molecule has 0 saturated heterocycles. The molecule has 0 spiro atoms. The number of nitrogens with zero attached hydrogens (tertiary/aromatic N) is 2. The first-order valence-corrected chi connectivity index (χ1v) is 6.55. The quantitative estimate of drug-likeness (QED) is 0.929. The summed E-state index contributed by atoms with van der Waals surface area (Å²) < 4.78 is 48.6. The molecule has 1 aromatic rings. The van der Waals surface area contributed by atoms with Crippen molar-refractivity contribution in [1.29, 1.82) is 0 Å². The average molecular weight is 306 g/mol. The molecule has 1 heterocycles. The van der Waals surface area contributed by atoms with Crippen molar-refractivity contribution in [3.05, 3.63) is 11.9 Å². The highest BCUT2D eigenvalue weighted by Gasteiger charge is 2.49. The van der Waals surface area contributed by atoms with Crippen LogP contribution < -0.4 is 9.47 Å². The second kappa shape index (κ2) is 5.67. The van der Waals surface area contributed by atoms with Gasteiger partial charge in [-0.15, -0.1) is 0 Å². The van der Waals surface area contributed by atoms with Gasteiger partial charge in [-0.1, -0.05) is 0 Å². The van der Waals surface area contributed by atoms with Crippen molar-refractivity contribution in [3.63, 3.8) is 0 Å². The minimum atomic E-state index is -4.33. The predicted octanol–water partition coefficient (Wildman–Crippen LogP) is 2.43. The number of ether oxygens (including phenoxy) is 2. The Labute approximate surface area is 120 Å². The second-order valence-corrected chi connectivity index (χ2v) is 5.14. The zero-order chi connectivity index (χ0) is 15.7. The number of alkyl halides is 3. The van der Waals surface area contributed by atoms with Gasteiger partial charge >= 0.3 is 6.18 Å². The second-order valence-electron chi connectivity index (χ2n) is 5.14. The zero-order valence-corrected chi connectivity index (χ0v) is 11.8. The van der Waals surface area contributed by atoms with E-state index in [4.69, 9.17) is 9.47 Å². The Hall–Kier alpha value is -1.57. The molecule has 2 unspecified atom stereocenters. The van der Waals surface area contributed by atoms with Gasteiger partial charge in [0.15, 0.2) is 0 Å². The Morgan fingerprint density at radius 1 is 1.33 bits per heavy atom. The van der Waals surface area contributed by atoms with Gasteiger partial charge in [0.25, 0.3) is 0 Å². The third-order valence-corrected chi connectivity index (χ3v) is 3.75. The van der Waals surface area contributed by atoms with E-state index in [1.807, 2.05) is 0 Å². The zero-order valence-electron chi connectivity index (χ0n) is 11.8. The third kappa shape index (κ3) is 3.20. The monoisotopic (exact) mass is 306 g/mol. The Morgan fingerprint density at radius 2 is 2.05 bits per heavy atom. The molecule has 0 aliphatic heterocycles. The summed E-state index contributed by atoms with van der Waals surface area (Å²) in [6.07, 6.45) is -3.05. The molecule has 1 aliphatic carbocycles. The number of methoxy groups -OCH3 is 2. The first-order valence-electron chi connectivity index (χ1n) is 6.55. The maximum Gasteiger partial charge on any atom is 0.391 e. The van der Waals surface area contributed by atoms with Crippen molar-refractivity contribution in [2.45, 2.75) is 37.5 Å². The van der Waals surface area contributed by atoms with E-state index >= 15 is 0 Å². The lowest BCUT2D eigenvalue weighted by Gasteiger charge is -2.37. The van der Waals surface area contributed by atoms with Crippen molar-refractivity contribution < 1.29 is 27.8 Å². The van der Waals surface area contributed by atoms with E-state index < -0.39 is 24.1 Å². The van der Waals surface area contributed by atoms with Crippen molar-refractivity contribution in [3.8, 4) is 11.8 Å². The molecule has 1 aromatic heterocycles. The van der Waals surface area contributed by atoms with Crippen molar-refractivity contribution in [2.75, 3.05) is 14.2 Å². The fourth-order valence-corrected chi connectivity index (χ4v) is 2.66. The summed E-state index contributed by atoms with van der Waals surface area (Å²) in [4.78, 5) is 7.97. The van der Waals surface area contributed by atoms with Crippen LogP contribution in [0.25, 0.3) is 0 Å². The first-order chi connectivity index (χ1) is 9.80. The van der Waals surface area contributed by atoms with E-state index in [0.717, 1.165) is 0 Å². The topological polar surface area (TPSA) is 64.5 Å². The molecule has 2 atom stereocenters. The van der Waals surface area contributed by atoms with Crippen LogP contribution in [0, 0.1) is 5.92 Å². The van der Waals surface area contributed by atoms with E-state index in [2.05, 4.69) is 9.97 Å². The van der Waals surface area contributed by atoms with Gasteiger partial charge in [0, 0.05) is 0 Å². The fraction of sp³-hybridized carbons (Fsp3) is 0.692. The third-order valence-electron chi connectivity index (χ3n) is 3.75. The molecule has 0 aromatic carbocycles. The van der Waals surface area contributed by atoms with Gasteiger partial charge in [-0.25, -0.2) is 4.98 Å². The van der Waals surface area contributed by atoms with E-state index in [1.165, 1.54) is 20.4 Å². The Balaban J connectivity index is 2.35. The Morgan fingerprint density at radius 3 is 2.62 bits per heavy atom. The van der Waals surface area contributed by atoms with Gasteiger partial charge in [-0.05, 0) is 25.7 Å². The van der Waals surface area contributed by atoms with E-state index in [9.17, 15) is 18.3 Å². The molecule has 0 radical (unpaired) electrons. The van der Waals surface area contributed by atoms with Crippen LogP contribution in [0.5, 0.6) is 11.8 Å². The molecule has 0 amide bonds. The van der Waals surface area contributed by atoms with Crippen LogP contribution in [-0.4, -0.2) is 35.5 Å². The molecule has 1 fully saturated rings. The first kappa shape index (κ1) is 15.8. The number of hydrogen-bond donors (Lipinski definition) is 1. The molecular formula is C13H17F3N2O3. The number of rotatable bonds is 3. The van der Waals surface area contributed by atoms with Gasteiger partial charge in [-0.3, -0.25) is 0 Å². The van der Waals surface area contributed by atoms with E-state index in [-0.39, 0.29) is 36.7 Å². The molecular weight excluding hydrogens is 289 g/mol. The molecule has 1 saturated carbocycles. The largest absolute Gasteiger partial charge is 0.480 e. The van der Waals surface area contributed by atoms with Crippen molar-refractivity contribution in [1.82, 2.24) is 9.97 Å². The summed E-state index contributed by atoms with van der Waals surface area (Å²) >= 11 is 0. The van der Waals surface area contributed by atoms with Crippen LogP contribution in [0.4, 0.5) is 13.2 Å². The van der Waals surface area contributed by atoms with Gasteiger partial charge in [0.1, 0.15) is 11.3 Å². The average Bonchev–Trinajstić information content (AvgIpc) is 2.45. The van der Waals surface area contributed by atoms with Gasteiger partial charge in [-0.2, -0.15) is 18.2 Å². The standard InChI is InChI=1S/C13H17F3N2O3/c1-20-9-7-17-10(11(18-9)21-2)12(19)5-3-4-8(6-12)13(14,15)16/h7-8,19H,3-6H2,1-2H3. The summed E-state index contributed by atoms with van der Waals surface area (Å²) in [5.74, 6) is -1.40. The number of aliphatic hydroxyl groups is 1. The summed E-state index contributed by atoms with van der Waals surface area (Å²) in [5.41, 5.74) is -1.66. The highest BCUT2D eigenvalue weighted by molar-refractivity contribution is 5.28. The van der Waals surface area contributed by atoms with Crippen LogP contribution >= 0.6 is 0 Å². The van der Waals surface area contributed by atoms with E-state index in [0.29, 0.717) is 0 Å². The van der Waals surface area contributed by atoms with Crippen LogP contribution in [0.2, 0.25) is 0 Å². The number of halogens is 3. The minimum absolute atomic E-state index is 0.0116. The molecule has 118 valence electrons. The SMILES string of the molecule is COc1cnc(C2(O)CCCC(C(F)(F)F)C2)c(OC)n1. The van der Waals surface area contributed by atoms with Crippen molar-refractivity contribution >= 4 is 0 Å². The van der Waals surface area contributed by atoms with Crippen LogP contribution in [0.15, 0.2) is 6.20 Å². The van der Waals surface area contributed by atoms with Crippen LogP contribution in [0.1, 0.15) is 31.4 Å². The lowest BCUT2D eigenvalue weighted by atomic mass is 9.76. The number of aromatic nitrogens is 2. The lowest BCUT2D eigenvalue weighted by Crippen LogP contribution is -2.39. The molecule has 2 rings (SSSR count). The predicted molar refractivity (Wildman–Crippen MR) is 67.0 cm³/mol. The molecule has 21 heavy (non-hydrogen) atoms. The van der Waals surface area contributed by atoms with Gasteiger partial charge in [0.2, 0.25) is 11.8 Å². The summed E-state index contributed by atoms with van der Waals surface area (Å²) in [5, 5.41) is 10.6. The lowest BCUT2D eigenvalue weighted by molar-refractivity contribution is -0.202. The molecule has 1 aliphatic rings.